The number of unbranched alkanes of at least 4 members (excludes halogenated alkanes) is 11. The molecule has 0 spiro atoms. The fraction of sp³-hybridized carbons (Fsp3) is 0.939. The van der Waals surface area contributed by atoms with Crippen LogP contribution < -0.4 is 0 Å². The quantitative estimate of drug-likeness (QED) is 0.0589. The predicted molar refractivity (Wildman–Crippen MR) is 160 cm³/mol. The highest BCUT2D eigenvalue weighted by molar-refractivity contribution is 5.70. The Balaban J connectivity index is 4.69. The van der Waals surface area contributed by atoms with Crippen LogP contribution in [0.2, 0.25) is 0 Å². The lowest BCUT2D eigenvalue weighted by atomic mass is 9.88. The van der Waals surface area contributed by atoms with E-state index in [1.807, 2.05) is 0 Å². The highest BCUT2D eigenvalue weighted by atomic mass is 16.6. The highest BCUT2D eigenvalue weighted by Gasteiger charge is 2.22. The molecule has 39 heavy (non-hydrogen) atoms. The van der Waals surface area contributed by atoms with Crippen LogP contribution in [0.3, 0.4) is 0 Å². The van der Waals surface area contributed by atoms with E-state index >= 15 is 0 Å². The molecule has 0 saturated carbocycles. The van der Waals surface area contributed by atoms with Crippen LogP contribution in [-0.4, -0.2) is 43.2 Å². The Kier molecular flexibility index (Phi) is 26.3. The van der Waals surface area contributed by atoms with Crippen LogP contribution in [0.15, 0.2) is 0 Å². The third-order valence-electron chi connectivity index (χ3n) is 7.83. The maximum Gasteiger partial charge on any atom is 0.306 e. The molecule has 0 aliphatic carbocycles. The van der Waals surface area contributed by atoms with Gasteiger partial charge in [-0.2, -0.15) is 0 Å². The van der Waals surface area contributed by atoms with Gasteiger partial charge < -0.3 is 19.3 Å². The predicted octanol–water partition coefficient (Wildman–Crippen LogP) is 8.77. The molecule has 0 heterocycles. The maximum atomic E-state index is 12.7. The number of esters is 2. The molecule has 0 saturated heterocycles. The van der Waals surface area contributed by atoms with Crippen LogP contribution in [0.4, 0.5) is 0 Å². The SMILES string of the molecule is CCCCCCCCC(=O)OCC(COC(O)CCCCCCCC)CC(=O)OCC(CCCC)C(C)CC. The van der Waals surface area contributed by atoms with Crippen LogP contribution in [0, 0.1) is 17.8 Å². The molecule has 0 fully saturated rings. The van der Waals surface area contributed by atoms with E-state index in [0.29, 0.717) is 31.3 Å². The fourth-order valence-electron chi connectivity index (χ4n) is 4.75. The van der Waals surface area contributed by atoms with Crippen LogP contribution in [0.5, 0.6) is 0 Å². The Labute approximate surface area is 241 Å². The normalized spacial score (nSPS) is 14.5. The van der Waals surface area contributed by atoms with Crippen molar-refractivity contribution in [3.63, 3.8) is 0 Å². The Morgan fingerprint density at radius 2 is 1.21 bits per heavy atom. The minimum atomic E-state index is -0.864. The lowest BCUT2D eigenvalue weighted by molar-refractivity contribution is -0.157. The standard InChI is InChI=1S/C33H64O6/c1-6-10-13-15-17-19-22-31(34)37-25-29(26-38-32(35)23-20-18-16-14-11-7-2)24-33(36)39-27-30(21-12-8-3)28(5)9-4/h28-31,34H,6-27H2,1-5H3. The molecule has 0 rings (SSSR count). The number of ether oxygens (including phenoxy) is 3. The third kappa shape index (κ3) is 23.3. The molecule has 4 atom stereocenters. The second kappa shape index (κ2) is 27.1. The monoisotopic (exact) mass is 556 g/mol. The summed E-state index contributed by atoms with van der Waals surface area (Å²) in [5, 5.41) is 10.3. The summed E-state index contributed by atoms with van der Waals surface area (Å²) in [5.41, 5.74) is 0. The number of aliphatic hydroxyl groups is 1. The summed E-state index contributed by atoms with van der Waals surface area (Å²) in [6.45, 7) is 11.7. The van der Waals surface area contributed by atoms with Gasteiger partial charge in [0.05, 0.1) is 26.2 Å². The van der Waals surface area contributed by atoms with E-state index in [9.17, 15) is 14.7 Å². The van der Waals surface area contributed by atoms with Crippen molar-refractivity contribution in [2.24, 2.45) is 17.8 Å². The molecule has 4 unspecified atom stereocenters. The van der Waals surface area contributed by atoms with Crippen LogP contribution in [0.1, 0.15) is 157 Å². The first-order valence-electron chi connectivity index (χ1n) is 16.5. The van der Waals surface area contributed by atoms with Crippen LogP contribution >= 0.6 is 0 Å². The highest BCUT2D eigenvalue weighted by Crippen LogP contribution is 2.22. The lowest BCUT2D eigenvalue weighted by Crippen LogP contribution is -2.27. The smallest absolute Gasteiger partial charge is 0.306 e. The van der Waals surface area contributed by atoms with Gasteiger partial charge in [0.2, 0.25) is 0 Å². The Morgan fingerprint density at radius 1 is 0.641 bits per heavy atom. The second-order valence-corrected chi connectivity index (χ2v) is 11.6. The van der Waals surface area contributed by atoms with Crippen molar-refractivity contribution in [3.8, 4) is 0 Å². The molecule has 0 amide bonds. The first-order valence-corrected chi connectivity index (χ1v) is 16.5. The van der Waals surface area contributed by atoms with Crippen molar-refractivity contribution in [1.82, 2.24) is 0 Å². The van der Waals surface area contributed by atoms with E-state index in [1.165, 1.54) is 44.9 Å². The summed E-state index contributed by atoms with van der Waals surface area (Å²) >= 11 is 0. The fourth-order valence-corrected chi connectivity index (χ4v) is 4.75. The number of aliphatic hydroxyl groups excluding tert-OH is 1. The molecule has 0 aromatic rings. The van der Waals surface area contributed by atoms with Crippen molar-refractivity contribution < 1.29 is 28.9 Å². The van der Waals surface area contributed by atoms with Crippen LogP contribution in [0.25, 0.3) is 0 Å². The van der Waals surface area contributed by atoms with Gasteiger partial charge in [0.1, 0.15) is 0 Å². The van der Waals surface area contributed by atoms with Crippen molar-refractivity contribution in [2.45, 2.75) is 163 Å². The molecule has 0 aromatic carbocycles. The molecule has 0 aromatic heterocycles. The molecule has 6 nitrogen and oxygen atoms in total. The van der Waals surface area contributed by atoms with Crippen molar-refractivity contribution in [3.05, 3.63) is 0 Å². The van der Waals surface area contributed by atoms with E-state index in [2.05, 4.69) is 34.6 Å². The number of carbonyl (C=O) groups excluding carboxylic acids is 2. The van der Waals surface area contributed by atoms with Gasteiger partial charge in [0.25, 0.3) is 0 Å². The largest absolute Gasteiger partial charge is 0.465 e. The number of hydrogen-bond acceptors (Lipinski definition) is 6. The first kappa shape index (κ1) is 37.9. The van der Waals surface area contributed by atoms with Gasteiger partial charge in [-0.3, -0.25) is 9.59 Å². The lowest BCUT2D eigenvalue weighted by Gasteiger charge is -2.23. The topological polar surface area (TPSA) is 82.1 Å². The van der Waals surface area contributed by atoms with E-state index in [0.717, 1.165) is 57.8 Å². The zero-order valence-corrected chi connectivity index (χ0v) is 26.4. The van der Waals surface area contributed by atoms with E-state index in [-0.39, 0.29) is 37.5 Å². The van der Waals surface area contributed by atoms with E-state index in [1.54, 1.807) is 0 Å². The molecular formula is C33H64O6. The third-order valence-corrected chi connectivity index (χ3v) is 7.83. The molecule has 0 aliphatic rings. The van der Waals surface area contributed by atoms with Gasteiger partial charge in [-0.25, -0.2) is 0 Å². The Morgan fingerprint density at radius 3 is 1.82 bits per heavy atom. The summed E-state index contributed by atoms with van der Waals surface area (Å²) in [6, 6.07) is 0. The Bertz CT molecular complexity index is 566. The van der Waals surface area contributed by atoms with Crippen molar-refractivity contribution in [2.75, 3.05) is 19.8 Å². The van der Waals surface area contributed by atoms with Gasteiger partial charge in [-0.15, -0.1) is 0 Å². The number of hydrogen-bond donors (Lipinski definition) is 1. The average molecular weight is 557 g/mol. The first-order chi connectivity index (χ1) is 18.9. The molecule has 0 radical (unpaired) electrons. The molecule has 0 bridgehead atoms. The van der Waals surface area contributed by atoms with E-state index < -0.39 is 6.29 Å². The van der Waals surface area contributed by atoms with Gasteiger partial charge in [-0.05, 0) is 37.5 Å². The molecule has 0 aliphatic heterocycles. The molecule has 1 N–H and O–H groups in total. The van der Waals surface area contributed by atoms with Gasteiger partial charge in [0.15, 0.2) is 6.29 Å². The summed E-state index contributed by atoms with van der Waals surface area (Å²) < 4.78 is 16.9. The summed E-state index contributed by atoms with van der Waals surface area (Å²) in [7, 11) is 0. The van der Waals surface area contributed by atoms with Crippen LogP contribution in [-0.2, 0) is 23.8 Å². The maximum absolute atomic E-state index is 12.7. The zero-order valence-electron chi connectivity index (χ0n) is 26.4. The molecular weight excluding hydrogens is 492 g/mol. The van der Waals surface area contributed by atoms with Gasteiger partial charge in [-0.1, -0.05) is 118 Å². The summed E-state index contributed by atoms with van der Waals surface area (Å²) in [4.78, 5) is 25.1. The van der Waals surface area contributed by atoms with Gasteiger partial charge in [0, 0.05) is 12.3 Å². The minimum Gasteiger partial charge on any atom is -0.465 e. The zero-order chi connectivity index (χ0) is 29.1. The molecule has 232 valence electrons. The average Bonchev–Trinajstić information content (AvgIpc) is 2.93. The van der Waals surface area contributed by atoms with Gasteiger partial charge >= 0.3 is 11.9 Å². The Hall–Kier alpha value is -1.14. The minimum absolute atomic E-state index is 0.109. The number of carbonyl (C=O) groups is 2. The van der Waals surface area contributed by atoms with E-state index in [4.69, 9.17) is 14.2 Å². The second-order valence-electron chi connectivity index (χ2n) is 11.6. The summed E-state index contributed by atoms with van der Waals surface area (Å²) in [6.07, 6.45) is 18.2. The van der Waals surface area contributed by atoms with Crippen molar-refractivity contribution in [1.29, 1.82) is 0 Å². The number of rotatable bonds is 28. The summed E-state index contributed by atoms with van der Waals surface area (Å²) in [5.74, 6) is 0.0213. The van der Waals surface area contributed by atoms with Crippen molar-refractivity contribution >= 4 is 11.9 Å². The molecule has 6 heteroatoms.